The predicted molar refractivity (Wildman–Crippen MR) is 127 cm³/mol. The average Bonchev–Trinajstić information content (AvgIpc) is 3.29. The molecule has 4 aromatic rings. The van der Waals surface area contributed by atoms with Crippen molar-refractivity contribution >= 4 is 5.69 Å². The summed E-state index contributed by atoms with van der Waals surface area (Å²) in [5, 5.41) is 0. The summed E-state index contributed by atoms with van der Waals surface area (Å²) < 4.78 is 49.9. The molecule has 0 unspecified atom stereocenters. The number of ether oxygens (including phenoxy) is 2. The van der Waals surface area contributed by atoms with Crippen molar-refractivity contribution in [3.8, 4) is 45.4 Å². The molecule has 1 heterocycles. The molecule has 0 radical (unpaired) electrons. The third-order valence-corrected chi connectivity index (χ3v) is 5.49. The lowest BCUT2D eigenvalue weighted by Crippen LogP contribution is -2.07. The quantitative estimate of drug-likeness (QED) is 0.351. The van der Waals surface area contributed by atoms with E-state index in [1.54, 1.807) is 20.3 Å². The van der Waals surface area contributed by atoms with Gasteiger partial charge in [0, 0.05) is 42.5 Å². The highest BCUT2D eigenvalue weighted by atomic mass is 19.4. The van der Waals surface area contributed by atoms with Gasteiger partial charge >= 0.3 is 6.18 Å². The molecule has 0 aliphatic rings. The van der Waals surface area contributed by atoms with Gasteiger partial charge in [-0.2, -0.15) is 13.2 Å². The van der Waals surface area contributed by atoms with Crippen molar-refractivity contribution in [2.45, 2.75) is 6.18 Å². The first-order chi connectivity index (χ1) is 16.2. The molecular formula is C26H24F3N3O2. The number of methoxy groups -OCH3 is 2. The molecule has 4 rings (SSSR count). The summed E-state index contributed by atoms with van der Waals surface area (Å²) in [5.41, 5.74) is 3.86. The number of aromatic nitrogens is 2. The minimum atomic E-state index is -4.40. The minimum Gasteiger partial charge on any atom is -0.497 e. The molecule has 176 valence electrons. The van der Waals surface area contributed by atoms with Crippen LogP contribution in [-0.4, -0.2) is 38.3 Å². The van der Waals surface area contributed by atoms with E-state index in [9.17, 15) is 13.2 Å². The molecule has 8 heteroatoms. The second kappa shape index (κ2) is 9.13. The molecule has 5 nitrogen and oxygen atoms in total. The van der Waals surface area contributed by atoms with E-state index in [-0.39, 0.29) is 0 Å². The largest absolute Gasteiger partial charge is 0.497 e. The number of nitrogens with zero attached hydrogens (tertiary/aromatic N) is 2. The van der Waals surface area contributed by atoms with Crippen LogP contribution in [0.2, 0.25) is 0 Å². The number of H-pyrrole nitrogens is 1. The van der Waals surface area contributed by atoms with E-state index in [1.165, 1.54) is 12.1 Å². The Hall–Kier alpha value is -3.94. The van der Waals surface area contributed by atoms with Gasteiger partial charge in [-0.25, -0.2) is 4.98 Å². The van der Waals surface area contributed by atoms with Crippen molar-refractivity contribution in [1.82, 2.24) is 9.97 Å². The standard InChI is InChI=1S/C26H24F3N3O2/c1-32(2)20-11-7-16(8-12-20)23-24(18-13-21(33-3)15-22(14-18)34-4)31-25(30-23)17-5-9-19(10-6-17)26(27,28)29/h5-15H,1-4H3,(H,30,31). The Labute approximate surface area is 195 Å². The first-order valence-corrected chi connectivity index (χ1v) is 10.5. The maximum Gasteiger partial charge on any atom is 0.416 e. The smallest absolute Gasteiger partial charge is 0.416 e. The fraction of sp³-hybridized carbons (Fsp3) is 0.192. The van der Waals surface area contributed by atoms with E-state index in [1.807, 2.05) is 55.4 Å². The molecule has 0 fully saturated rings. The molecule has 0 spiro atoms. The van der Waals surface area contributed by atoms with Gasteiger partial charge in [-0.15, -0.1) is 0 Å². The van der Waals surface area contributed by atoms with Gasteiger partial charge in [-0.05, 0) is 36.4 Å². The van der Waals surface area contributed by atoms with Gasteiger partial charge in [0.25, 0.3) is 0 Å². The molecule has 0 saturated carbocycles. The topological polar surface area (TPSA) is 50.4 Å². The number of hydrogen-bond donors (Lipinski definition) is 1. The number of benzene rings is 3. The number of nitrogens with one attached hydrogen (secondary N) is 1. The van der Waals surface area contributed by atoms with Crippen molar-refractivity contribution in [3.05, 3.63) is 72.3 Å². The van der Waals surface area contributed by atoms with Crippen molar-refractivity contribution < 1.29 is 22.6 Å². The van der Waals surface area contributed by atoms with E-state index >= 15 is 0 Å². The van der Waals surface area contributed by atoms with Gasteiger partial charge in [0.15, 0.2) is 0 Å². The van der Waals surface area contributed by atoms with E-state index in [4.69, 9.17) is 14.5 Å². The predicted octanol–water partition coefficient (Wildman–Crippen LogP) is 6.51. The maximum absolute atomic E-state index is 13.0. The van der Waals surface area contributed by atoms with Crippen LogP contribution in [0.25, 0.3) is 33.9 Å². The van der Waals surface area contributed by atoms with E-state index in [2.05, 4.69) is 4.98 Å². The van der Waals surface area contributed by atoms with Gasteiger partial charge in [-0.3, -0.25) is 0 Å². The van der Waals surface area contributed by atoms with Crippen LogP contribution in [0.15, 0.2) is 66.7 Å². The first kappa shape index (κ1) is 23.2. The highest BCUT2D eigenvalue weighted by Crippen LogP contribution is 2.38. The van der Waals surface area contributed by atoms with E-state index < -0.39 is 11.7 Å². The van der Waals surface area contributed by atoms with Gasteiger partial charge in [0.05, 0.1) is 31.2 Å². The van der Waals surface area contributed by atoms with Crippen molar-refractivity contribution in [2.75, 3.05) is 33.2 Å². The Kier molecular flexibility index (Phi) is 6.24. The second-order valence-corrected chi connectivity index (χ2v) is 7.93. The SMILES string of the molecule is COc1cc(OC)cc(-c2nc(-c3ccc(C(F)(F)F)cc3)[nH]c2-c2ccc(N(C)C)cc2)c1. The summed E-state index contributed by atoms with van der Waals surface area (Å²) in [6.45, 7) is 0. The summed E-state index contributed by atoms with van der Waals surface area (Å²) in [6.07, 6.45) is -4.40. The van der Waals surface area contributed by atoms with Crippen molar-refractivity contribution in [2.24, 2.45) is 0 Å². The fourth-order valence-corrected chi connectivity index (χ4v) is 3.62. The number of rotatable bonds is 6. The summed E-state index contributed by atoms with van der Waals surface area (Å²) >= 11 is 0. The van der Waals surface area contributed by atoms with Crippen LogP contribution in [0.3, 0.4) is 0 Å². The summed E-state index contributed by atoms with van der Waals surface area (Å²) in [4.78, 5) is 10.1. The molecule has 1 N–H and O–H groups in total. The molecule has 0 atom stereocenters. The zero-order chi connectivity index (χ0) is 24.5. The Morgan fingerprint density at radius 3 is 1.82 bits per heavy atom. The van der Waals surface area contributed by atoms with Gasteiger partial charge in [0.2, 0.25) is 0 Å². The van der Waals surface area contributed by atoms with Gasteiger partial charge in [0.1, 0.15) is 17.3 Å². The second-order valence-electron chi connectivity index (χ2n) is 7.93. The zero-order valence-corrected chi connectivity index (χ0v) is 19.2. The molecule has 0 aliphatic heterocycles. The molecule has 1 aromatic heterocycles. The molecule has 3 aromatic carbocycles. The molecule has 0 amide bonds. The van der Waals surface area contributed by atoms with Crippen molar-refractivity contribution in [1.29, 1.82) is 0 Å². The van der Waals surface area contributed by atoms with E-state index in [0.717, 1.165) is 34.6 Å². The monoisotopic (exact) mass is 467 g/mol. The highest BCUT2D eigenvalue weighted by molar-refractivity contribution is 5.83. The van der Waals surface area contributed by atoms with Crippen LogP contribution < -0.4 is 14.4 Å². The van der Waals surface area contributed by atoms with Gasteiger partial charge < -0.3 is 19.4 Å². The Bertz CT molecular complexity index is 1260. The molecule has 34 heavy (non-hydrogen) atoms. The Balaban J connectivity index is 1.86. The lowest BCUT2D eigenvalue weighted by molar-refractivity contribution is -0.137. The van der Waals surface area contributed by atoms with Crippen LogP contribution in [0.5, 0.6) is 11.5 Å². The Morgan fingerprint density at radius 2 is 1.32 bits per heavy atom. The molecular weight excluding hydrogens is 443 g/mol. The normalized spacial score (nSPS) is 11.4. The summed E-state index contributed by atoms with van der Waals surface area (Å²) in [5.74, 6) is 1.65. The summed E-state index contributed by atoms with van der Waals surface area (Å²) in [6, 6.07) is 18.3. The number of imidazole rings is 1. The van der Waals surface area contributed by atoms with Crippen molar-refractivity contribution in [3.63, 3.8) is 0 Å². The van der Waals surface area contributed by atoms with Crippen LogP contribution in [-0.2, 0) is 6.18 Å². The number of halogens is 3. The third kappa shape index (κ3) is 4.71. The van der Waals surface area contributed by atoms with Gasteiger partial charge in [-0.1, -0.05) is 24.3 Å². The summed E-state index contributed by atoms with van der Waals surface area (Å²) in [7, 11) is 7.05. The zero-order valence-electron chi connectivity index (χ0n) is 19.2. The molecule has 0 bridgehead atoms. The average molecular weight is 467 g/mol. The van der Waals surface area contributed by atoms with Crippen LogP contribution >= 0.6 is 0 Å². The number of hydrogen-bond acceptors (Lipinski definition) is 4. The Morgan fingerprint density at radius 1 is 0.765 bits per heavy atom. The highest BCUT2D eigenvalue weighted by Gasteiger charge is 2.30. The number of aromatic amines is 1. The molecule has 0 saturated heterocycles. The van der Waals surface area contributed by atoms with Crippen LogP contribution in [0.1, 0.15) is 5.56 Å². The van der Waals surface area contributed by atoms with Crippen LogP contribution in [0, 0.1) is 0 Å². The minimum absolute atomic E-state index is 0.456. The lowest BCUT2D eigenvalue weighted by atomic mass is 10.0. The maximum atomic E-state index is 13.0. The number of alkyl halides is 3. The lowest BCUT2D eigenvalue weighted by Gasteiger charge is -2.13. The third-order valence-electron chi connectivity index (χ3n) is 5.49. The van der Waals surface area contributed by atoms with E-state index in [0.29, 0.717) is 28.6 Å². The molecule has 0 aliphatic carbocycles. The fourth-order valence-electron chi connectivity index (χ4n) is 3.62. The first-order valence-electron chi connectivity index (χ1n) is 10.5. The number of anilines is 1. The van der Waals surface area contributed by atoms with Crippen LogP contribution in [0.4, 0.5) is 18.9 Å².